The van der Waals surface area contributed by atoms with Crippen molar-refractivity contribution in [1.29, 1.82) is 0 Å². The number of rotatable bonds is 0. The highest BCUT2D eigenvalue weighted by atomic mass is 15.1. The minimum atomic E-state index is 1.00. The number of anilines is 1. The summed E-state index contributed by atoms with van der Waals surface area (Å²) in [7, 11) is 2.15. The Hall–Kier alpha value is -1.02. The van der Waals surface area contributed by atoms with Gasteiger partial charge in [-0.25, -0.2) is 0 Å². The van der Waals surface area contributed by atoms with Crippen LogP contribution in [0.3, 0.4) is 0 Å². The normalized spacial score (nSPS) is 16.6. The van der Waals surface area contributed by atoms with E-state index in [-0.39, 0.29) is 0 Å². The summed E-state index contributed by atoms with van der Waals surface area (Å²) in [5.74, 6) is 0. The van der Waals surface area contributed by atoms with Gasteiger partial charge in [0.15, 0.2) is 0 Å². The van der Waals surface area contributed by atoms with Gasteiger partial charge in [-0.3, -0.25) is 0 Å². The van der Waals surface area contributed by atoms with Crippen molar-refractivity contribution in [2.75, 3.05) is 25.0 Å². The predicted molar refractivity (Wildman–Crippen MR) is 56.2 cm³/mol. The molecule has 0 saturated heterocycles. The van der Waals surface area contributed by atoms with Crippen LogP contribution in [0.1, 0.15) is 11.1 Å². The van der Waals surface area contributed by atoms with Crippen molar-refractivity contribution in [3.63, 3.8) is 0 Å². The van der Waals surface area contributed by atoms with E-state index in [4.69, 9.17) is 0 Å². The van der Waals surface area contributed by atoms with E-state index in [9.17, 15) is 0 Å². The molecule has 0 amide bonds. The molecule has 0 bridgehead atoms. The third kappa shape index (κ3) is 1.68. The SMILES string of the molecule is Cc1ccc2c(c1)CNCCN2C. The van der Waals surface area contributed by atoms with Crippen LogP contribution in [0.15, 0.2) is 18.2 Å². The molecule has 0 aliphatic carbocycles. The van der Waals surface area contributed by atoms with Crippen LogP contribution in [0.5, 0.6) is 0 Å². The summed E-state index contributed by atoms with van der Waals surface area (Å²) >= 11 is 0. The summed E-state index contributed by atoms with van der Waals surface area (Å²) in [5, 5.41) is 3.42. The van der Waals surface area contributed by atoms with Gasteiger partial charge >= 0.3 is 0 Å². The van der Waals surface area contributed by atoms with Gasteiger partial charge in [0.1, 0.15) is 0 Å². The van der Waals surface area contributed by atoms with Crippen molar-refractivity contribution < 1.29 is 0 Å². The topological polar surface area (TPSA) is 15.3 Å². The quantitative estimate of drug-likeness (QED) is 0.645. The highest BCUT2D eigenvalue weighted by Crippen LogP contribution is 2.21. The maximum atomic E-state index is 3.42. The molecule has 1 heterocycles. The van der Waals surface area contributed by atoms with Crippen LogP contribution in [0.25, 0.3) is 0 Å². The van der Waals surface area contributed by atoms with E-state index in [0.717, 1.165) is 19.6 Å². The smallest absolute Gasteiger partial charge is 0.0409 e. The zero-order valence-corrected chi connectivity index (χ0v) is 8.30. The number of nitrogens with one attached hydrogen (secondary N) is 1. The van der Waals surface area contributed by atoms with E-state index in [1.165, 1.54) is 16.8 Å². The van der Waals surface area contributed by atoms with Gasteiger partial charge in [-0.05, 0) is 18.6 Å². The number of hydrogen-bond acceptors (Lipinski definition) is 2. The molecule has 0 saturated carbocycles. The second kappa shape index (κ2) is 3.38. The Morgan fingerprint density at radius 3 is 3.08 bits per heavy atom. The van der Waals surface area contributed by atoms with Crippen LogP contribution in [0.2, 0.25) is 0 Å². The predicted octanol–water partition coefficient (Wildman–Crippen LogP) is 1.53. The monoisotopic (exact) mass is 176 g/mol. The van der Waals surface area contributed by atoms with Crippen molar-refractivity contribution in [3.05, 3.63) is 29.3 Å². The molecule has 0 atom stereocenters. The first-order chi connectivity index (χ1) is 6.27. The molecule has 1 aliphatic heterocycles. The molecule has 70 valence electrons. The average molecular weight is 176 g/mol. The molecule has 2 nitrogen and oxygen atoms in total. The maximum Gasteiger partial charge on any atom is 0.0409 e. The lowest BCUT2D eigenvalue weighted by molar-refractivity contribution is 0.706. The molecule has 2 heteroatoms. The van der Waals surface area contributed by atoms with Crippen molar-refractivity contribution in [2.45, 2.75) is 13.5 Å². The standard InChI is InChI=1S/C11H16N2/c1-9-3-4-11-10(7-9)8-12-5-6-13(11)2/h3-4,7,12H,5-6,8H2,1-2H3. The Morgan fingerprint density at radius 2 is 2.23 bits per heavy atom. The van der Waals surface area contributed by atoms with Crippen LogP contribution in [0.4, 0.5) is 5.69 Å². The number of hydrogen-bond donors (Lipinski definition) is 1. The molecule has 0 unspecified atom stereocenters. The molecule has 0 aromatic heterocycles. The van der Waals surface area contributed by atoms with E-state index < -0.39 is 0 Å². The summed E-state index contributed by atoms with van der Waals surface area (Å²) < 4.78 is 0. The van der Waals surface area contributed by atoms with E-state index in [1.54, 1.807) is 0 Å². The Balaban J connectivity index is 2.42. The van der Waals surface area contributed by atoms with Gasteiger partial charge in [-0.2, -0.15) is 0 Å². The number of fused-ring (bicyclic) bond motifs is 1. The van der Waals surface area contributed by atoms with Crippen molar-refractivity contribution in [1.82, 2.24) is 5.32 Å². The average Bonchev–Trinajstić information content (AvgIpc) is 2.28. The molecule has 0 fully saturated rings. The van der Waals surface area contributed by atoms with Gasteiger partial charge in [-0.1, -0.05) is 17.7 Å². The van der Waals surface area contributed by atoms with E-state index >= 15 is 0 Å². The first kappa shape index (κ1) is 8.57. The Kier molecular flexibility index (Phi) is 2.23. The molecular weight excluding hydrogens is 160 g/mol. The number of likely N-dealkylation sites (N-methyl/N-ethyl adjacent to an activating group) is 1. The van der Waals surface area contributed by atoms with Crippen LogP contribution in [-0.2, 0) is 6.54 Å². The van der Waals surface area contributed by atoms with Gasteiger partial charge in [0.25, 0.3) is 0 Å². The van der Waals surface area contributed by atoms with E-state index in [1.807, 2.05) is 0 Å². The fraction of sp³-hybridized carbons (Fsp3) is 0.455. The molecule has 1 aromatic carbocycles. The van der Waals surface area contributed by atoms with Gasteiger partial charge < -0.3 is 10.2 Å². The molecule has 13 heavy (non-hydrogen) atoms. The minimum absolute atomic E-state index is 1.00. The second-order valence-corrected chi connectivity index (χ2v) is 3.73. The highest BCUT2D eigenvalue weighted by molar-refractivity contribution is 5.55. The van der Waals surface area contributed by atoms with Gasteiger partial charge in [-0.15, -0.1) is 0 Å². The first-order valence-electron chi connectivity index (χ1n) is 4.79. The molecule has 0 spiro atoms. The first-order valence-corrected chi connectivity index (χ1v) is 4.79. The number of benzene rings is 1. The lowest BCUT2D eigenvalue weighted by atomic mass is 10.1. The molecule has 2 rings (SSSR count). The third-order valence-corrected chi connectivity index (χ3v) is 2.59. The summed E-state index contributed by atoms with van der Waals surface area (Å²) in [6.45, 7) is 5.31. The zero-order valence-electron chi connectivity index (χ0n) is 8.30. The molecule has 1 aliphatic rings. The third-order valence-electron chi connectivity index (χ3n) is 2.59. The van der Waals surface area contributed by atoms with Crippen LogP contribution in [-0.4, -0.2) is 20.1 Å². The minimum Gasteiger partial charge on any atom is -0.373 e. The summed E-state index contributed by atoms with van der Waals surface area (Å²) in [5.41, 5.74) is 4.13. The van der Waals surface area contributed by atoms with Gasteiger partial charge in [0.05, 0.1) is 0 Å². The van der Waals surface area contributed by atoms with E-state index in [0.29, 0.717) is 0 Å². The highest BCUT2D eigenvalue weighted by Gasteiger charge is 2.10. The van der Waals surface area contributed by atoms with Gasteiger partial charge in [0, 0.05) is 32.4 Å². The molecule has 1 aromatic rings. The van der Waals surface area contributed by atoms with Crippen LogP contribution in [0, 0.1) is 6.92 Å². The van der Waals surface area contributed by atoms with Crippen molar-refractivity contribution in [2.24, 2.45) is 0 Å². The van der Waals surface area contributed by atoms with Crippen LogP contribution >= 0.6 is 0 Å². The fourth-order valence-corrected chi connectivity index (χ4v) is 1.82. The maximum absolute atomic E-state index is 3.42. The second-order valence-electron chi connectivity index (χ2n) is 3.73. The Bertz CT molecular complexity index is 307. The largest absolute Gasteiger partial charge is 0.373 e. The zero-order chi connectivity index (χ0) is 9.26. The van der Waals surface area contributed by atoms with E-state index in [2.05, 4.69) is 42.4 Å². The lowest BCUT2D eigenvalue weighted by Gasteiger charge is -2.18. The number of nitrogens with zero attached hydrogens (tertiary/aromatic N) is 1. The van der Waals surface area contributed by atoms with Gasteiger partial charge in [0.2, 0.25) is 0 Å². The van der Waals surface area contributed by atoms with Crippen LogP contribution < -0.4 is 10.2 Å². The Morgan fingerprint density at radius 1 is 1.38 bits per heavy atom. The van der Waals surface area contributed by atoms with Crippen molar-refractivity contribution >= 4 is 5.69 Å². The number of aryl methyl sites for hydroxylation is 1. The van der Waals surface area contributed by atoms with Crippen molar-refractivity contribution in [3.8, 4) is 0 Å². The summed E-state index contributed by atoms with van der Waals surface area (Å²) in [6.07, 6.45) is 0. The summed E-state index contributed by atoms with van der Waals surface area (Å²) in [6, 6.07) is 6.67. The fourth-order valence-electron chi connectivity index (χ4n) is 1.82. The molecule has 1 N–H and O–H groups in total. The summed E-state index contributed by atoms with van der Waals surface area (Å²) in [4.78, 5) is 2.31. The molecule has 0 radical (unpaired) electrons. The molecular formula is C11H16N2. The Labute approximate surface area is 79.6 Å². The lowest BCUT2D eigenvalue weighted by Crippen LogP contribution is -2.24.